The molecule has 7 heteroatoms. The van der Waals surface area contributed by atoms with Gasteiger partial charge in [0, 0.05) is 6.54 Å². The zero-order valence-corrected chi connectivity index (χ0v) is 15.7. The van der Waals surface area contributed by atoms with Crippen LogP contribution in [0.3, 0.4) is 0 Å². The number of hydrogen-bond donors (Lipinski definition) is 2. The number of benzene rings is 1. The zero-order valence-electron chi connectivity index (χ0n) is 15.7. The molecule has 140 valence electrons. The van der Waals surface area contributed by atoms with Crippen LogP contribution in [-0.2, 0) is 9.53 Å². The van der Waals surface area contributed by atoms with Gasteiger partial charge in [-0.1, -0.05) is 19.1 Å². The van der Waals surface area contributed by atoms with Gasteiger partial charge < -0.3 is 24.8 Å². The van der Waals surface area contributed by atoms with Crippen LogP contribution in [-0.4, -0.2) is 51.9 Å². The normalized spacial score (nSPS) is 13.6. The number of rotatable bonds is 9. The first kappa shape index (κ1) is 20.6. The smallest absolute Gasteiger partial charge is 0.310 e. The van der Waals surface area contributed by atoms with Crippen LogP contribution >= 0.6 is 0 Å². The van der Waals surface area contributed by atoms with E-state index in [0.29, 0.717) is 30.5 Å². The van der Waals surface area contributed by atoms with Crippen molar-refractivity contribution in [3.05, 3.63) is 24.3 Å². The van der Waals surface area contributed by atoms with Crippen molar-refractivity contribution < 1.29 is 19.0 Å². The number of carbonyl (C=O) groups excluding carboxylic acids is 1. The molecule has 0 spiro atoms. The number of hydrogen-bond acceptors (Lipinski definition) is 5. The Morgan fingerprint density at radius 2 is 1.84 bits per heavy atom. The van der Waals surface area contributed by atoms with Crippen molar-refractivity contribution in [1.29, 1.82) is 0 Å². The van der Waals surface area contributed by atoms with E-state index in [0.717, 1.165) is 6.54 Å². The molecule has 2 unspecified atom stereocenters. The third-order valence-electron chi connectivity index (χ3n) is 3.43. The van der Waals surface area contributed by atoms with Crippen molar-refractivity contribution in [2.45, 2.75) is 26.9 Å². The Morgan fingerprint density at radius 3 is 2.44 bits per heavy atom. The molecule has 2 atom stereocenters. The maximum Gasteiger partial charge on any atom is 0.310 e. The number of carbonyl (C=O) groups is 1. The Balaban J connectivity index is 2.56. The fourth-order valence-corrected chi connectivity index (χ4v) is 2.06. The lowest BCUT2D eigenvalue weighted by Crippen LogP contribution is -2.42. The Bertz CT molecular complexity index is 563. The highest BCUT2D eigenvalue weighted by Gasteiger charge is 2.13. The number of nitrogens with one attached hydrogen (secondary N) is 2. The number of aliphatic imine (C=N–C) groups is 1. The van der Waals surface area contributed by atoms with Gasteiger partial charge in [0.1, 0.15) is 6.10 Å². The van der Waals surface area contributed by atoms with E-state index in [1.165, 1.54) is 7.11 Å². The molecule has 1 rings (SSSR count). The third-order valence-corrected chi connectivity index (χ3v) is 3.43. The lowest BCUT2D eigenvalue weighted by Gasteiger charge is -2.19. The first-order chi connectivity index (χ1) is 12.0. The van der Waals surface area contributed by atoms with Crippen molar-refractivity contribution in [3.8, 4) is 11.5 Å². The van der Waals surface area contributed by atoms with Crippen LogP contribution < -0.4 is 20.1 Å². The average molecular weight is 351 g/mol. The molecule has 1 aromatic rings. The highest BCUT2D eigenvalue weighted by molar-refractivity contribution is 5.80. The molecule has 0 radical (unpaired) electrons. The summed E-state index contributed by atoms with van der Waals surface area (Å²) in [4.78, 5) is 15.9. The summed E-state index contributed by atoms with van der Waals surface area (Å²) in [5.41, 5.74) is 0. The molecule has 0 bridgehead atoms. The molecule has 0 heterocycles. The monoisotopic (exact) mass is 351 g/mol. The molecule has 0 aliphatic rings. The van der Waals surface area contributed by atoms with E-state index in [4.69, 9.17) is 14.2 Å². The van der Waals surface area contributed by atoms with Crippen LogP contribution in [0.5, 0.6) is 11.5 Å². The Hall–Kier alpha value is -2.44. The summed E-state index contributed by atoms with van der Waals surface area (Å²) in [5, 5.41) is 6.35. The van der Waals surface area contributed by atoms with Crippen LogP contribution in [0.1, 0.15) is 20.8 Å². The van der Waals surface area contributed by atoms with Gasteiger partial charge in [-0.05, 0) is 26.0 Å². The summed E-state index contributed by atoms with van der Waals surface area (Å²) in [6.45, 7) is 7.35. The van der Waals surface area contributed by atoms with Crippen molar-refractivity contribution >= 4 is 11.9 Å². The van der Waals surface area contributed by atoms with Crippen molar-refractivity contribution in [2.75, 3.05) is 33.9 Å². The number of methoxy groups -OCH3 is 2. The minimum absolute atomic E-state index is 0.0989. The lowest BCUT2D eigenvalue weighted by molar-refractivity contribution is -0.144. The van der Waals surface area contributed by atoms with Crippen LogP contribution in [0.2, 0.25) is 0 Å². The van der Waals surface area contributed by atoms with Gasteiger partial charge in [0.25, 0.3) is 0 Å². The van der Waals surface area contributed by atoms with E-state index in [1.807, 2.05) is 38.1 Å². The summed E-state index contributed by atoms with van der Waals surface area (Å²) in [6.07, 6.45) is -0.0989. The first-order valence-electron chi connectivity index (χ1n) is 8.41. The molecule has 0 aliphatic carbocycles. The summed E-state index contributed by atoms with van der Waals surface area (Å²) in [6, 6.07) is 7.52. The molecule has 0 aliphatic heterocycles. The number of ether oxygens (including phenoxy) is 3. The zero-order chi connectivity index (χ0) is 18.7. The molecule has 25 heavy (non-hydrogen) atoms. The van der Waals surface area contributed by atoms with Crippen LogP contribution in [0.15, 0.2) is 29.3 Å². The minimum atomic E-state index is -0.289. The van der Waals surface area contributed by atoms with E-state index in [9.17, 15) is 4.79 Å². The van der Waals surface area contributed by atoms with E-state index in [2.05, 4.69) is 15.6 Å². The predicted octanol–water partition coefficient (Wildman–Crippen LogP) is 1.83. The van der Waals surface area contributed by atoms with Gasteiger partial charge in [-0.25, -0.2) is 0 Å². The quantitative estimate of drug-likeness (QED) is 0.401. The first-order valence-corrected chi connectivity index (χ1v) is 8.41. The van der Waals surface area contributed by atoms with Gasteiger partial charge in [0.2, 0.25) is 0 Å². The molecule has 0 amide bonds. The molecular weight excluding hydrogens is 322 g/mol. The molecule has 0 fully saturated rings. The van der Waals surface area contributed by atoms with Crippen molar-refractivity contribution in [3.63, 3.8) is 0 Å². The Kier molecular flexibility index (Phi) is 9.21. The fraction of sp³-hybridized carbons (Fsp3) is 0.556. The van der Waals surface area contributed by atoms with E-state index < -0.39 is 0 Å². The molecule has 0 aromatic heterocycles. The molecule has 7 nitrogen and oxygen atoms in total. The van der Waals surface area contributed by atoms with E-state index >= 15 is 0 Å². The predicted molar refractivity (Wildman–Crippen MR) is 98.2 cm³/mol. The number of nitrogens with zero attached hydrogens (tertiary/aromatic N) is 1. The summed E-state index contributed by atoms with van der Waals surface area (Å²) < 4.78 is 15.9. The number of guanidine groups is 1. The van der Waals surface area contributed by atoms with Gasteiger partial charge in [-0.2, -0.15) is 0 Å². The minimum Gasteiger partial charge on any atom is -0.493 e. The Labute approximate surface area is 149 Å². The van der Waals surface area contributed by atoms with Gasteiger partial charge in [0.05, 0.1) is 33.2 Å². The van der Waals surface area contributed by atoms with Gasteiger partial charge in [0.15, 0.2) is 17.5 Å². The molecule has 1 aromatic carbocycles. The summed E-state index contributed by atoms with van der Waals surface area (Å²) in [7, 11) is 2.99. The van der Waals surface area contributed by atoms with Crippen LogP contribution in [0.4, 0.5) is 0 Å². The van der Waals surface area contributed by atoms with Crippen LogP contribution in [0, 0.1) is 5.92 Å². The topological polar surface area (TPSA) is 81.2 Å². The highest BCUT2D eigenvalue weighted by Crippen LogP contribution is 2.26. The number of esters is 1. The highest BCUT2D eigenvalue weighted by atomic mass is 16.5. The van der Waals surface area contributed by atoms with Gasteiger partial charge in [-0.3, -0.25) is 9.79 Å². The summed E-state index contributed by atoms with van der Waals surface area (Å²) >= 11 is 0. The molecule has 2 N–H and O–H groups in total. The maximum atomic E-state index is 11.4. The molecule has 0 saturated heterocycles. The SMILES string of the molecule is CCNC(=NCC(C)C(=O)OC)NCC(C)Oc1ccccc1OC. The summed E-state index contributed by atoms with van der Waals surface area (Å²) in [5.74, 6) is 1.46. The number of para-hydroxylation sites is 2. The van der Waals surface area contributed by atoms with E-state index in [1.54, 1.807) is 14.0 Å². The van der Waals surface area contributed by atoms with Crippen LogP contribution in [0.25, 0.3) is 0 Å². The van der Waals surface area contributed by atoms with Crippen molar-refractivity contribution in [1.82, 2.24) is 10.6 Å². The molecule has 0 saturated carbocycles. The standard InChI is InChI=1S/C18H29N3O4/c1-6-19-18(20-11-13(2)17(22)24-5)21-12-14(3)25-16-10-8-7-9-15(16)23-4/h7-10,13-14H,6,11-12H2,1-5H3,(H2,19,20,21). The maximum absolute atomic E-state index is 11.4. The second-order valence-electron chi connectivity index (χ2n) is 5.60. The van der Waals surface area contributed by atoms with Gasteiger partial charge >= 0.3 is 5.97 Å². The fourth-order valence-electron chi connectivity index (χ4n) is 2.06. The van der Waals surface area contributed by atoms with Gasteiger partial charge in [-0.15, -0.1) is 0 Å². The second-order valence-corrected chi connectivity index (χ2v) is 5.60. The third kappa shape index (κ3) is 7.32. The van der Waals surface area contributed by atoms with E-state index in [-0.39, 0.29) is 18.0 Å². The lowest BCUT2D eigenvalue weighted by atomic mass is 10.2. The Morgan fingerprint density at radius 1 is 1.16 bits per heavy atom. The van der Waals surface area contributed by atoms with Crippen molar-refractivity contribution in [2.24, 2.45) is 10.9 Å². The largest absolute Gasteiger partial charge is 0.493 e. The second kappa shape index (κ2) is 11.2. The average Bonchev–Trinajstić information content (AvgIpc) is 2.63. The molecular formula is C18H29N3O4.